The molecule has 3 amide bonds. The van der Waals surface area contributed by atoms with Crippen molar-refractivity contribution in [1.82, 2.24) is 15.3 Å². The topological polar surface area (TPSA) is 92.3 Å². The number of amides is 3. The number of benzene rings is 2. The summed E-state index contributed by atoms with van der Waals surface area (Å²) in [5, 5.41) is 2.48. The number of pyridine rings is 1. The molecule has 1 fully saturated rings. The van der Waals surface area contributed by atoms with Crippen molar-refractivity contribution in [2.45, 2.75) is 13.5 Å². The predicted molar refractivity (Wildman–Crippen MR) is 143 cm³/mol. The van der Waals surface area contributed by atoms with Crippen LogP contribution in [0, 0.1) is 12.7 Å². The van der Waals surface area contributed by atoms with Crippen LogP contribution in [0.5, 0.6) is 0 Å². The number of hydrogen-bond acceptors (Lipinski definition) is 7. The third-order valence-corrected chi connectivity index (χ3v) is 7.52. The summed E-state index contributed by atoms with van der Waals surface area (Å²) in [5.41, 5.74) is 2.92. The monoisotopic (exact) mass is 530 g/mol. The molecule has 37 heavy (non-hydrogen) atoms. The van der Waals surface area contributed by atoms with E-state index in [1.54, 1.807) is 48.4 Å². The molecule has 0 saturated carbocycles. The Labute approximate surface area is 220 Å². The maximum Gasteiger partial charge on any atom is 0.290 e. The molecule has 0 spiro atoms. The Morgan fingerprint density at radius 3 is 2.46 bits per heavy atom. The predicted octanol–water partition coefficient (Wildman–Crippen LogP) is 5.82. The van der Waals surface area contributed by atoms with Crippen molar-refractivity contribution < 1.29 is 18.8 Å². The number of halogens is 1. The average molecular weight is 531 g/mol. The van der Waals surface area contributed by atoms with Crippen LogP contribution in [0.3, 0.4) is 0 Å². The van der Waals surface area contributed by atoms with Gasteiger partial charge in [-0.3, -0.25) is 24.6 Å². The second-order valence-electron chi connectivity index (χ2n) is 8.11. The fourth-order valence-corrected chi connectivity index (χ4v) is 5.38. The molecule has 2 aromatic heterocycles. The summed E-state index contributed by atoms with van der Waals surface area (Å²) >= 11 is 2.11. The van der Waals surface area contributed by atoms with Crippen LogP contribution in [-0.4, -0.2) is 27.0 Å². The Hall–Kier alpha value is -4.15. The highest BCUT2D eigenvalue weighted by Crippen LogP contribution is 2.31. The zero-order valence-corrected chi connectivity index (χ0v) is 21.1. The first-order valence-electron chi connectivity index (χ1n) is 11.2. The number of thioether (sulfide) groups is 1. The number of carbonyl (C=O) groups is 3. The number of nitrogens with one attached hydrogen (secondary N) is 1. The standard InChI is InChI=1S/C27H19FN4O3S2/c1-16-23(37-25(30-16)19-9-11-20(28)12-10-19)26(34)32(22-4-2-3-13-29-22)15-18-7-5-17(6-8-18)14-21-24(33)31-27(35)36-21/h2-14H,15H2,1H3,(H,31,33,35)/b21-14+. The molecule has 1 aliphatic rings. The summed E-state index contributed by atoms with van der Waals surface area (Å²) in [4.78, 5) is 48.3. The first-order chi connectivity index (χ1) is 17.9. The van der Waals surface area contributed by atoms with Crippen molar-refractivity contribution in [1.29, 1.82) is 0 Å². The van der Waals surface area contributed by atoms with Gasteiger partial charge in [0.15, 0.2) is 0 Å². The summed E-state index contributed by atoms with van der Waals surface area (Å²) in [7, 11) is 0. The highest BCUT2D eigenvalue weighted by Gasteiger charge is 2.26. The van der Waals surface area contributed by atoms with Crippen molar-refractivity contribution in [2.75, 3.05) is 4.90 Å². The van der Waals surface area contributed by atoms with Gasteiger partial charge in [0, 0.05) is 11.8 Å². The lowest BCUT2D eigenvalue weighted by Gasteiger charge is -2.21. The first-order valence-corrected chi connectivity index (χ1v) is 12.8. The van der Waals surface area contributed by atoms with E-state index >= 15 is 0 Å². The molecular weight excluding hydrogens is 511 g/mol. The minimum absolute atomic E-state index is 0.245. The molecule has 0 bridgehead atoms. The molecule has 1 saturated heterocycles. The molecule has 0 aliphatic carbocycles. The van der Waals surface area contributed by atoms with Crippen LogP contribution in [0.1, 0.15) is 26.5 Å². The summed E-state index contributed by atoms with van der Waals surface area (Å²) < 4.78 is 13.4. The number of anilines is 1. The normalized spacial score (nSPS) is 14.2. The summed E-state index contributed by atoms with van der Waals surface area (Å²) in [6.07, 6.45) is 3.27. The van der Waals surface area contributed by atoms with Gasteiger partial charge in [0.05, 0.1) is 17.1 Å². The molecule has 3 heterocycles. The van der Waals surface area contributed by atoms with E-state index in [-0.39, 0.29) is 18.3 Å². The van der Waals surface area contributed by atoms with Crippen LogP contribution < -0.4 is 10.2 Å². The maximum atomic E-state index is 13.7. The molecule has 10 heteroatoms. The molecule has 4 aromatic rings. The lowest BCUT2D eigenvalue weighted by atomic mass is 10.1. The van der Waals surface area contributed by atoms with Gasteiger partial charge in [-0.25, -0.2) is 14.4 Å². The Morgan fingerprint density at radius 1 is 1.05 bits per heavy atom. The smallest absolute Gasteiger partial charge is 0.287 e. The summed E-state index contributed by atoms with van der Waals surface area (Å²) in [6, 6.07) is 18.7. The minimum atomic E-state index is -0.411. The third kappa shape index (κ3) is 5.50. The van der Waals surface area contributed by atoms with E-state index in [0.29, 0.717) is 26.3 Å². The van der Waals surface area contributed by atoms with Gasteiger partial charge in [-0.05, 0) is 72.3 Å². The van der Waals surface area contributed by atoms with Crippen molar-refractivity contribution >= 4 is 52.0 Å². The molecule has 2 aromatic carbocycles. The van der Waals surface area contributed by atoms with Gasteiger partial charge in [0.25, 0.3) is 17.1 Å². The van der Waals surface area contributed by atoms with Crippen molar-refractivity contribution in [2.24, 2.45) is 0 Å². The number of aromatic nitrogens is 2. The Morgan fingerprint density at radius 2 is 1.81 bits per heavy atom. The Balaban J connectivity index is 1.42. The number of hydrogen-bond donors (Lipinski definition) is 1. The molecular formula is C27H19FN4O3S2. The molecule has 1 aliphatic heterocycles. The number of imide groups is 1. The highest BCUT2D eigenvalue weighted by molar-refractivity contribution is 8.18. The molecule has 184 valence electrons. The Kier molecular flexibility index (Phi) is 6.93. The number of thiazole rings is 1. The minimum Gasteiger partial charge on any atom is -0.287 e. The van der Waals surface area contributed by atoms with E-state index in [2.05, 4.69) is 15.3 Å². The van der Waals surface area contributed by atoms with Gasteiger partial charge in [-0.1, -0.05) is 30.3 Å². The van der Waals surface area contributed by atoms with E-state index in [4.69, 9.17) is 0 Å². The maximum absolute atomic E-state index is 13.7. The quantitative estimate of drug-likeness (QED) is 0.316. The van der Waals surface area contributed by atoms with E-state index in [9.17, 15) is 18.8 Å². The fourth-order valence-electron chi connectivity index (χ4n) is 3.68. The van der Waals surface area contributed by atoms with Gasteiger partial charge in [-0.15, -0.1) is 11.3 Å². The molecule has 0 unspecified atom stereocenters. The van der Waals surface area contributed by atoms with Crippen LogP contribution >= 0.6 is 23.1 Å². The van der Waals surface area contributed by atoms with Crippen LogP contribution in [0.15, 0.2) is 77.8 Å². The van der Waals surface area contributed by atoms with Crippen molar-refractivity contribution in [3.8, 4) is 10.6 Å². The Bertz CT molecular complexity index is 1520. The second-order valence-corrected chi connectivity index (χ2v) is 10.1. The fraction of sp³-hybridized carbons (Fsp3) is 0.0741. The molecule has 0 atom stereocenters. The van der Waals surface area contributed by atoms with Gasteiger partial charge < -0.3 is 0 Å². The average Bonchev–Trinajstić information content (AvgIpc) is 3.44. The highest BCUT2D eigenvalue weighted by atomic mass is 32.2. The molecule has 0 radical (unpaired) electrons. The number of aryl methyl sites for hydroxylation is 1. The van der Waals surface area contributed by atoms with Gasteiger partial charge in [0.1, 0.15) is 21.5 Å². The summed E-state index contributed by atoms with van der Waals surface area (Å²) in [6.45, 7) is 2.03. The first kappa shape index (κ1) is 24.5. The van der Waals surface area contributed by atoms with E-state index < -0.39 is 11.1 Å². The van der Waals surface area contributed by atoms with E-state index in [0.717, 1.165) is 28.5 Å². The summed E-state index contributed by atoms with van der Waals surface area (Å²) in [5.74, 6) is -0.500. The zero-order valence-electron chi connectivity index (χ0n) is 19.5. The number of nitrogens with zero attached hydrogens (tertiary/aromatic N) is 3. The van der Waals surface area contributed by atoms with Crippen LogP contribution in [-0.2, 0) is 11.3 Å². The SMILES string of the molecule is Cc1nc(-c2ccc(F)cc2)sc1C(=O)N(Cc1ccc(/C=C2/SC(=O)NC2=O)cc1)c1ccccn1. The van der Waals surface area contributed by atoms with E-state index in [1.807, 2.05) is 30.3 Å². The van der Waals surface area contributed by atoms with Crippen LogP contribution in [0.2, 0.25) is 0 Å². The number of carbonyl (C=O) groups excluding carboxylic acids is 3. The van der Waals surface area contributed by atoms with E-state index in [1.165, 1.54) is 23.5 Å². The molecule has 1 N–H and O–H groups in total. The van der Waals surface area contributed by atoms with Crippen molar-refractivity contribution in [3.63, 3.8) is 0 Å². The third-order valence-electron chi connectivity index (χ3n) is 5.51. The van der Waals surface area contributed by atoms with Crippen molar-refractivity contribution in [3.05, 3.63) is 105 Å². The van der Waals surface area contributed by atoms with Gasteiger partial charge in [0.2, 0.25) is 0 Å². The molecule has 7 nitrogen and oxygen atoms in total. The van der Waals surface area contributed by atoms with Gasteiger partial charge in [-0.2, -0.15) is 0 Å². The molecule has 5 rings (SSSR count). The zero-order chi connectivity index (χ0) is 25.9. The number of rotatable bonds is 6. The second kappa shape index (κ2) is 10.5. The lowest BCUT2D eigenvalue weighted by molar-refractivity contribution is -0.115. The largest absolute Gasteiger partial charge is 0.290 e. The lowest BCUT2D eigenvalue weighted by Crippen LogP contribution is -2.31. The van der Waals surface area contributed by atoms with Gasteiger partial charge >= 0.3 is 0 Å². The van der Waals surface area contributed by atoms with Crippen LogP contribution in [0.25, 0.3) is 16.6 Å². The van der Waals surface area contributed by atoms with Crippen LogP contribution in [0.4, 0.5) is 15.0 Å².